The van der Waals surface area contributed by atoms with Crippen LogP contribution in [0.25, 0.3) is 0 Å². The summed E-state index contributed by atoms with van der Waals surface area (Å²) < 4.78 is 0. The maximum Gasteiger partial charge on any atom is 0.0434 e. The predicted octanol–water partition coefficient (Wildman–Crippen LogP) is 1.86. The molecule has 0 spiro atoms. The molecule has 106 valence electrons. The van der Waals surface area contributed by atoms with Gasteiger partial charge in [-0.15, -0.1) is 0 Å². The molecule has 2 rings (SSSR count). The minimum absolute atomic E-state index is 0.361. The van der Waals surface area contributed by atoms with Crippen LogP contribution in [-0.4, -0.2) is 49.8 Å². The number of likely N-dealkylation sites (tertiary alicyclic amines) is 1. The van der Waals surface area contributed by atoms with Crippen molar-refractivity contribution in [2.45, 2.75) is 44.9 Å². The van der Waals surface area contributed by atoms with Gasteiger partial charge >= 0.3 is 0 Å². The van der Waals surface area contributed by atoms with Crippen molar-refractivity contribution in [2.24, 2.45) is 11.3 Å². The van der Waals surface area contributed by atoms with Crippen LogP contribution in [0.3, 0.4) is 0 Å². The van der Waals surface area contributed by atoms with Crippen molar-refractivity contribution in [2.75, 3.05) is 39.8 Å². The first-order valence-electron chi connectivity index (χ1n) is 7.76. The first-order chi connectivity index (χ1) is 8.78. The summed E-state index contributed by atoms with van der Waals surface area (Å²) in [4.78, 5) is 2.67. The number of hydrogen-bond donors (Lipinski definition) is 2. The van der Waals surface area contributed by atoms with E-state index in [-0.39, 0.29) is 0 Å². The predicted molar refractivity (Wildman–Crippen MR) is 75.7 cm³/mol. The van der Waals surface area contributed by atoms with Crippen LogP contribution >= 0.6 is 0 Å². The maximum atomic E-state index is 9.10. The van der Waals surface area contributed by atoms with Crippen LogP contribution < -0.4 is 5.32 Å². The molecule has 0 aromatic heterocycles. The molecular weight excluding hydrogens is 224 g/mol. The molecule has 2 aliphatic rings. The van der Waals surface area contributed by atoms with Crippen LogP contribution in [0.2, 0.25) is 0 Å². The molecule has 0 bridgehead atoms. The summed E-state index contributed by atoms with van der Waals surface area (Å²) in [6.07, 6.45) is 9.25. The minimum atomic E-state index is 0.361. The van der Waals surface area contributed by atoms with Crippen LogP contribution in [0.15, 0.2) is 0 Å². The summed E-state index contributed by atoms with van der Waals surface area (Å²) in [5.74, 6) is 0.733. The molecule has 2 fully saturated rings. The van der Waals surface area contributed by atoms with Crippen LogP contribution in [-0.2, 0) is 0 Å². The molecule has 1 atom stereocenters. The summed E-state index contributed by atoms with van der Waals surface area (Å²) in [5, 5.41) is 12.5. The normalized spacial score (nSPS) is 28.7. The van der Waals surface area contributed by atoms with Gasteiger partial charge in [-0.3, -0.25) is 0 Å². The van der Waals surface area contributed by atoms with Crippen molar-refractivity contribution in [3.05, 3.63) is 0 Å². The number of piperidine rings is 1. The molecular formula is C15H30N2O. The fourth-order valence-electron chi connectivity index (χ4n) is 4.08. The third-order valence-corrected chi connectivity index (χ3v) is 4.92. The third-order valence-electron chi connectivity index (χ3n) is 4.92. The van der Waals surface area contributed by atoms with Gasteiger partial charge in [0.2, 0.25) is 0 Å². The van der Waals surface area contributed by atoms with Gasteiger partial charge in [0.25, 0.3) is 0 Å². The largest absolute Gasteiger partial charge is 0.396 e. The van der Waals surface area contributed by atoms with E-state index in [0.29, 0.717) is 12.0 Å². The Morgan fingerprint density at radius 2 is 2.06 bits per heavy atom. The quantitative estimate of drug-likeness (QED) is 0.759. The number of hydrogen-bond acceptors (Lipinski definition) is 3. The molecule has 3 nitrogen and oxygen atoms in total. The fourth-order valence-corrected chi connectivity index (χ4v) is 4.08. The number of aliphatic hydroxyl groups excluding tert-OH is 1. The number of nitrogens with one attached hydrogen (secondary N) is 1. The van der Waals surface area contributed by atoms with Gasteiger partial charge in [0.1, 0.15) is 0 Å². The van der Waals surface area contributed by atoms with Crippen LogP contribution in [0.1, 0.15) is 44.9 Å². The van der Waals surface area contributed by atoms with E-state index in [1.807, 2.05) is 0 Å². The fraction of sp³-hybridized carbons (Fsp3) is 1.00. The van der Waals surface area contributed by atoms with Crippen molar-refractivity contribution in [3.63, 3.8) is 0 Å². The highest BCUT2D eigenvalue weighted by Gasteiger charge is 2.35. The van der Waals surface area contributed by atoms with Crippen molar-refractivity contribution in [1.82, 2.24) is 10.2 Å². The lowest BCUT2D eigenvalue weighted by molar-refractivity contribution is 0.0942. The zero-order valence-electron chi connectivity index (χ0n) is 12.0. The van der Waals surface area contributed by atoms with Crippen molar-refractivity contribution in [1.29, 1.82) is 0 Å². The van der Waals surface area contributed by atoms with E-state index >= 15 is 0 Å². The number of rotatable bonds is 6. The first kappa shape index (κ1) is 14.3. The highest BCUT2D eigenvalue weighted by molar-refractivity contribution is 4.90. The Balaban J connectivity index is 1.86. The summed E-state index contributed by atoms with van der Waals surface area (Å²) in [5.41, 5.74) is 0.538. The van der Waals surface area contributed by atoms with E-state index in [9.17, 15) is 0 Å². The smallest absolute Gasteiger partial charge is 0.0434 e. The Morgan fingerprint density at radius 1 is 1.28 bits per heavy atom. The molecule has 1 saturated heterocycles. The Kier molecular flexibility index (Phi) is 5.46. The highest BCUT2D eigenvalue weighted by Crippen LogP contribution is 2.39. The maximum absolute atomic E-state index is 9.10. The zero-order valence-corrected chi connectivity index (χ0v) is 12.0. The topological polar surface area (TPSA) is 35.5 Å². The van der Waals surface area contributed by atoms with Gasteiger partial charge in [-0.2, -0.15) is 0 Å². The average Bonchev–Trinajstić information content (AvgIpc) is 2.79. The number of aliphatic hydroxyl groups is 1. The van der Waals surface area contributed by atoms with Crippen molar-refractivity contribution < 1.29 is 5.11 Å². The van der Waals surface area contributed by atoms with Gasteiger partial charge in [-0.25, -0.2) is 0 Å². The molecule has 1 unspecified atom stereocenters. The Hall–Kier alpha value is -0.120. The Bertz CT molecular complexity index is 237. The first-order valence-corrected chi connectivity index (χ1v) is 7.76. The lowest BCUT2D eigenvalue weighted by Gasteiger charge is -2.39. The van der Waals surface area contributed by atoms with E-state index in [4.69, 9.17) is 5.11 Å². The highest BCUT2D eigenvalue weighted by atomic mass is 16.3. The van der Waals surface area contributed by atoms with Crippen LogP contribution in [0, 0.1) is 11.3 Å². The van der Waals surface area contributed by atoms with E-state index in [2.05, 4.69) is 17.3 Å². The van der Waals surface area contributed by atoms with Gasteiger partial charge in [0.05, 0.1) is 0 Å². The summed E-state index contributed by atoms with van der Waals surface area (Å²) in [6.45, 7) is 5.30. The molecule has 0 aromatic carbocycles. The van der Waals surface area contributed by atoms with Crippen LogP contribution in [0.4, 0.5) is 0 Å². The Morgan fingerprint density at radius 3 is 2.72 bits per heavy atom. The van der Waals surface area contributed by atoms with E-state index < -0.39 is 0 Å². The SMILES string of the molecule is CNCC1(CN2CCCC(CCO)C2)CCCC1. The van der Waals surface area contributed by atoms with E-state index in [0.717, 1.165) is 12.3 Å². The molecule has 0 amide bonds. The standard InChI is InChI=1S/C15H30N2O/c1-16-12-15(7-2-3-8-15)13-17-9-4-5-14(11-17)6-10-18/h14,16,18H,2-13H2,1H3. The molecule has 1 saturated carbocycles. The number of nitrogens with zero attached hydrogens (tertiary/aromatic N) is 1. The van der Waals surface area contributed by atoms with Gasteiger partial charge in [0, 0.05) is 26.2 Å². The van der Waals surface area contributed by atoms with Crippen molar-refractivity contribution in [3.8, 4) is 0 Å². The molecule has 18 heavy (non-hydrogen) atoms. The van der Waals surface area contributed by atoms with E-state index in [1.54, 1.807) is 0 Å². The van der Waals surface area contributed by atoms with Crippen LogP contribution in [0.5, 0.6) is 0 Å². The average molecular weight is 254 g/mol. The summed E-state index contributed by atoms with van der Waals surface area (Å²) in [7, 11) is 2.09. The van der Waals surface area contributed by atoms with Gasteiger partial charge in [-0.05, 0) is 57.0 Å². The summed E-state index contributed by atoms with van der Waals surface area (Å²) >= 11 is 0. The molecule has 1 heterocycles. The lowest BCUT2D eigenvalue weighted by Crippen LogP contribution is -2.45. The molecule has 0 radical (unpaired) electrons. The molecule has 0 aromatic rings. The second-order valence-electron chi connectivity index (χ2n) is 6.49. The van der Waals surface area contributed by atoms with E-state index in [1.165, 1.54) is 64.7 Å². The zero-order chi connectivity index (χ0) is 12.8. The second-order valence-corrected chi connectivity index (χ2v) is 6.49. The summed E-state index contributed by atoms with van der Waals surface area (Å²) in [6, 6.07) is 0. The Labute approximate surface area is 112 Å². The molecule has 2 N–H and O–H groups in total. The molecule has 1 aliphatic carbocycles. The second kappa shape index (κ2) is 6.88. The molecule has 1 aliphatic heterocycles. The van der Waals surface area contributed by atoms with Gasteiger partial charge in [0.15, 0.2) is 0 Å². The van der Waals surface area contributed by atoms with Gasteiger partial charge < -0.3 is 15.3 Å². The third kappa shape index (κ3) is 3.69. The lowest BCUT2D eigenvalue weighted by atomic mass is 9.84. The minimum Gasteiger partial charge on any atom is -0.396 e. The van der Waals surface area contributed by atoms with Gasteiger partial charge in [-0.1, -0.05) is 12.8 Å². The van der Waals surface area contributed by atoms with Crippen molar-refractivity contribution >= 4 is 0 Å². The molecule has 3 heteroatoms. The monoisotopic (exact) mass is 254 g/mol.